The Morgan fingerprint density at radius 1 is 1.41 bits per heavy atom. The van der Waals surface area contributed by atoms with Gasteiger partial charge in [-0.3, -0.25) is 0 Å². The van der Waals surface area contributed by atoms with E-state index in [-0.39, 0.29) is 6.01 Å². The number of imidazole rings is 1. The quantitative estimate of drug-likeness (QED) is 0.268. The maximum atomic E-state index is 11.0. The maximum absolute atomic E-state index is 11.0. The summed E-state index contributed by atoms with van der Waals surface area (Å²) in [7, 11) is 0. The summed E-state index contributed by atoms with van der Waals surface area (Å²) in [6.07, 6.45) is 1.74. The molecule has 5 nitrogen and oxygen atoms in total. The molecule has 0 aliphatic rings. The molecule has 0 saturated carbocycles. The number of carbonyl (C=O) groups excluding carboxylic acids is 1. The Morgan fingerprint density at radius 2 is 2.23 bits per heavy atom. The first-order valence-electron chi connectivity index (χ1n) is 6.24. The molecule has 2 aromatic heterocycles. The first-order chi connectivity index (χ1) is 10.6. The van der Waals surface area contributed by atoms with Crippen LogP contribution in [0, 0.1) is 3.70 Å². The van der Waals surface area contributed by atoms with E-state index in [9.17, 15) is 4.79 Å². The van der Waals surface area contributed by atoms with E-state index in [2.05, 4.69) is 15.0 Å². The Labute approximate surface area is 142 Å². The molecule has 0 atom stereocenters. The third-order valence-electron chi connectivity index (χ3n) is 2.94. The molecule has 0 amide bonds. The molecule has 3 aromatic rings. The van der Waals surface area contributed by atoms with Crippen molar-refractivity contribution in [3.05, 3.63) is 39.2 Å². The van der Waals surface area contributed by atoms with E-state index in [4.69, 9.17) is 22.0 Å². The molecule has 110 valence electrons. The van der Waals surface area contributed by atoms with Gasteiger partial charge in [0, 0.05) is 0 Å². The van der Waals surface area contributed by atoms with Gasteiger partial charge in [0.2, 0.25) is 0 Å². The number of halogens is 2. The molecule has 8 heteroatoms. The third-order valence-corrected chi connectivity index (χ3v) is 4.53. The summed E-state index contributed by atoms with van der Waals surface area (Å²) in [5.41, 5.74) is 8.70. The van der Waals surface area contributed by atoms with Crippen molar-refractivity contribution in [3.63, 3.8) is 0 Å². The Balaban J connectivity index is 2.05. The van der Waals surface area contributed by atoms with Crippen LogP contribution in [0.25, 0.3) is 22.2 Å². The molecule has 0 spiro atoms. The molecule has 2 radical (unpaired) electrons. The number of rotatable bonds is 3. The van der Waals surface area contributed by atoms with Crippen LogP contribution < -0.4 is 25.7 Å². The topological polar surface area (TPSA) is 67.9 Å². The van der Waals surface area contributed by atoms with Gasteiger partial charge in [-0.2, -0.15) is 0 Å². The van der Waals surface area contributed by atoms with Gasteiger partial charge < -0.3 is 0 Å². The number of hydrogen-bond donors (Lipinski definition) is 1. The van der Waals surface area contributed by atoms with E-state index in [1.807, 2.05) is 18.2 Å². The molecule has 22 heavy (non-hydrogen) atoms. The number of hydrogen-bond acceptors (Lipinski definition) is 4. The number of pyridine rings is 1. The van der Waals surface area contributed by atoms with Crippen LogP contribution in [0.1, 0.15) is 6.92 Å². The number of aromatic nitrogens is 3. The number of aromatic amines is 1. The van der Waals surface area contributed by atoms with Crippen LogP contribution in [0.15, 0.2) is 30.5 Å². The summed E-state index contributed by atoms with van der Waals surface area (Å²) < 4.78 is 5.86. The number of nitrogens with zero attached hydrogens (tertiary/aromatic N) is 2. The van der Waals surface area contributed by atoms with Crippen LogP contribution >= 0.6 is 11.6 Å². The van der Waals surface area contributed by atoms with Crippen molar-refractivity contribution in [2.75, 3.05) is 0 Å². The standard InChI is InChI=1S/C14H9BClIN3O2/c1-7(21)22-14-19-11-4-9(10(16)5-12(11)20-14)8-2-3-13(17-15)18-6-8/h2-6H,1H3,(H,19,20)/q-1. The van der Waals surface area contributed by atoms with Gasteiger partial charge >= 0.3 is 143 Å². The minimum absolute atomic E-state index is 0.150. The second kappa shape index (κ2) is 6.25. The van der Waals surface area contributed by atoms with Crippen LogP contribution in [0.3, 0.4) is 0 Å². The van der Waals surface area contributed by atoms with Crippen molar-refractivity contribution in [2.24, 2.45) is 0 Å². The molecule has 0 aliphatic carbocycles. The predicted octanol–water partition coefficient (Wildman–Crippen LogP) is -0.454. The molecule has 0 unspecified atom stereocenters. The van der Waals surface area contributed by atoms with Gasteiger partial charge in [0.05, 0.1) is 0 Å². The van der Waals surface area contributed by atoms with E-state index in [0.717, 1.165) is 14.8 Å². The van der Waals surface area contributed by atoms with E-state index < -0.39 is 27.0 Å². The molecule has 0 saturated heterocycles. The van der Waals surface area contributed by atoms with Gasteiger partial charge in [0.15, 0.2) is 0 Å². The average Bonchev–Trinajstić information content (AvgIpc) is 2.86. The van der Waals surface area contributed by atoms with Crippen molar-refractivity contribution < 1.29 is 30.5 Å². The number of benzene rings is 1. The monoisotopic (exact) mass is 424 g/mol. The number of H-pyrrole nitrogens is 1. The number of ether oxygens (including phenoxy) is 1. The number of fused-ring (bicyclic) bond motifs is 1. The summed E-state index contributed by atoms with van der Waals surface area (Å²) in [4.78, 5) is 22.4. The summed E-state index contributed by atoms with van der Waals surface area (Å²) >= 11 is 5.80. The normalized spacial score (nSPS) is 11.0. The van der Waals surface area contributed by atoms with Crippen LogP contribution in [0.4, 0.5) is 0 Å². The third kappa shape index (κ3) is 3.10. The Morgan fingerprint density at radius 3 is 2.86 bits per heavy atom. The number of nitrogens with one attached hydrogen (secondary N) is 1. The Bertz CT molecular complexity index is 851. The van der Waals surface area contributed by atoms with Gasteiger partial charge in [0.25, 0.3) is 0 Å². The fourth-order valence-electron chi connectivity index (χ4n) is 2.01. The zero-order valence-electron chi connectivity index (χ0n) is 11.4. The number of esters is 1. The van der Waals surface area contributed by atoms with Crippen molar-refractivity contribution in [2.45, 2.75) is 6.92 Å². The molecular formula is C14H9BClIN3O2-. The molecule has 1 aromatic carbocycles. The Hall–Kier alpha value is -1.61. The molecule has 1 N–H and O–H groups in total. The van der Waals surface area contributed by atoms with Crippen molar-refractivity contribution in [1.29, 1.82) is 0 Å². The SMILES string of the molecule is [B][I-]c1ccc(-c2cc3nc(OC(C)=O)[nH]c3cc2Cl)cn1. The second-order valence-corrected chi connectivity index (χ2v) is 6.60. The zero-order valence-corrected chi connectivity index (χ0v) is 14.3. The molecule has 0 aliphatic heterocycles. The molecule has 0 fully saturated rings. The van der Waals surface area contributed by atoms with Crippen LogP contribution in [-0.4, -0.2) is 26.6 Å². The molecule has 2 heterocycles. The van der Waals surface area contributed by atoms with Gasteiger partial charge in [-0.05, 0) is 0 Å². The first-order valence-corrected chi connectivity index (χ1v) is 8.94. The fourth-order valence-corrected chi connectivity index (χ4v) is 2.97. The average molecular weight is 424 g/mol. The van der Waals surface area contributed by atoms with Crippen molar-refractivity contribution >= 4 is 34.3 Å². The van der Waals surface area contributed by atoms with Gasteiger partial charge in [-0.15, -0.1) is 0 Å². The van der Waals surface area contributed by atoms with E-state index in [1.165, 1.54) is 6.92 Å². The van der Waals surface area contributed by atoms with E-state index in [0.29, 0.717) is 16.1 Å². The molecule has 0 bridgehead atoms. The number of carbonyl (C=O) groups is 1. The van der Waals surface area contributed by atoms with Crippen LogP contribution in [0.2, 0.25) is 5.02 Å². The summed E-state index contributed by atoms with van der Waals surface area (Å²) in [6.45, 7) is 1.32. The van der Waals surface area contributed by atoms with Crippen molar-refractivity contribution in [1.82, 2.24) is 15.0 Å². The summed E-state index contributed by atoms with van der Waals surface area (Å²) in [6, 6.07) is 7.56. The molecular weight excluding hydrogens is 415 g/mol. The van der Waals surface area contributed by atoms with Crippen LogP contribution in [0.5, 0.6) is 6.01 Å². The minimum atomic E-state index is -0.526. The first kappa shape index (κ1) is 15.3. The van der Waals surface area contributed by atoms with E-state index in [1.54, 1.807) is 12.3 Å². The second-order valence-electron chi connectivity index (χ2n) is 4.46. The predicted molar refractivity (Wildman–Crippen MR) is 80.1 cm³/mol. The molecule has 3 rings (SSSR count). The fraction of sp³-hybridized carbons (Fsp3) is 0.0714. The summed E-state index contributed by atoms with van der Waals surface area (Å²) in [5.74, 6) is -0.435. The van der Waals surface area contributed by atoms with Crippen molar-refractivity contribution in [3.8, 4) is 17.1 Å². The van der Waals surface area contributed by atoms with Gasteiger partial charge in [-0.25, -0.2) is 0 Å². The summed E-state index contributed by atoms with van der Waals surface area (Å²) in [5, 5.41) is 0.558. The van der Waals surface area contributed by atoms with Gasteiger partial charge in [-0.1, -0.05) is 0 Å². The van der Waals surface area contributed by atoms with E-state index >= 15 is 0 Å². The Kier molecular flexibility index (Phi) is 4.35. The van der Waals surface area contributed by atoms with Gasteiger partial charge in [0.1, 0.15) is 0 Å². The zero-order chi connectivity index (χ0) is 15.7. The van der Waals surface area contributed by atoms with Crippen LogP contribution in [-0.2, 0) is 4.79 Å².